The molecule has 0 spiro atoms. The van der Waals surface area contributed by atoms with Gasteiger partial charge in [-0.15, -0.1) is 0 Å². The van der Waals surface area contributed by atoms with Crippen LogP contribution in [0.3, 0.4) is 0 Å². The largest absolute Gasteiger partial charge is 0.306 e. The van der Waals surface area contributed by atoms with Gasteiger partial charge in [0, 0.05) is 26.2 Å². The molecule has 7 fully saturated rings. The molecule has 0 unspecified atom stereocenters. The molecule has 4 heteroatoms. The molecule has 8 rings (SSSR count). The molecule has 1 aromatic carbocycles. The van der Waals surface area contributed by atoms with E-state index in [1.54, 1.807) is 0 Å². The summed E-state index contributed by atoms with van der Waals surface area (Å²) in [5.41, 5.74) is 0. The Kier molecular flexibility index (Phi) is 148. The molecule has 71 heavy (non-hydrogen) atoms. The third-order valence-electron chi connectivity index (χ3n) is 10.5. The van der Waals surface area contributed by atoms with E-state index in [2.05, 4.69) is 75.5 Å². The number of hydrogen-bond acceptors (Lipinski definition) is 4. The average Bonchev–Trinajstić information content (AvgIpc) is 4.22. The minimum atomic E-state index is 0.978. The van der Waals surface area contributed by atoms with Crippen molar-refractivity contribution < 1.29 is 0 Å². The van der Waals surface area contributed by atoms with Crippen LogP contribution in [0.25, 0.3) is 0 Å². The fourth-order valence-electron chi connectivity index (χ4n) is 5.76. The van der Waals surface area contributed by atoms with Gasteiger partial charge in [0.15, 0.2) is 0 Å². The quantitative estimate of drug-likeness (QED) is 0.257. The summed E-state index contributed by atoms with van der Waals surface area (Å²) in [6, 6.07) is 12.0. The average molecular weight is 1020 g/mol. The molecule has 3 heterocycles. The molecule has 4 saturated carbocycles. The Morgan fingerprint density at radius 1 is 0.239 bits per heavy atom. The van der Waals surface area contributed by atoms with Crippen LogP contribution < -0.4 is 0 Å². The summed E-state index contributed by atoms with van der Waals surface area (Å²) in [4.78, 5) is 9.53. The van der Waals surface area contributed by atoms with Crippen molar-refractivity contribution in [3.63, 3.8) is 0 Å². The van der Waals surface area contributed by atoms with Crippen LogP contribution in [0.1, 0.15) is 314 Å². The first-order chi connectivity index (χ1) is 34.8. The highest BCUT2D eigenvalue weighted by Crippen LogP contribution is 2.17. The molecule has 0 atom stereocenters. The molecule has 7 aliphatic rings. The topological polar surface area (TPSA) is 13.0 Å². The van der Waals surface area contributed by atoms with E-state index in [0.717, 1.165) is 11.8 Å². The maximum absolute atomic E-state index is 2.40. The lowest BCUT2D eigenvalue weighted by Gasteiger charge is -2.28. The van der Waals surface area contributed by atoms with Gasteiger partial charge in [-0.3, -0.25) is 0 Å². The van der Waals surface area contributed by atoms with Crippen LogP contribution in [-0.4, -0.2) is 100 Å². The maximum Gasteiger partial charge on any atom is 0.0107 e. The molecule has 0 aromatic heterocycles. The second-order valence-corrected chi connectivity index (χ2v) is 16.8. The Balaban J connectivity index is -0.0000000613. The number of benzene rings is 1. The summed E-state index contributed by atoms with van der Waals surface area (Å²) in [6.07, 6.45) is 33.8. The second kappa shape index (κ2) is 109. The predicted molar refractivity (Wildman–Crippen MR) is 346 cm³/mol. The van der Waals surface area contributed by atoms with Crippen molar-refractivity contribution in [3.05, 3.63) is 36.4 Å². The third kappa shape index (κ3) is 119. The first-order valence-corrected chi connectivity index (χ1v) is 32.5. The van der Waals surface area contributed by atoms with Gasteiger partial charge in [0.25, 0.3) is 0 Å². The maximum atomic E-state index is 2.40. The number of likely N-dealkylation sites (tertiary alicyclic amines) is 2. The van der Waals surface area contributed by atoms with E-state index in [1.807, 2.05) is 175 Å². The monoisotopic (exact) mass is 1020 g/mol. The van der Waals surface area contributed by atoms with Crippen LogP contribution >= 0.6 is 0 Å². The van der Waals surface area contributed by atoms with E-state index in [9.17, 15) is 0 Å². The lowest BCUT2D eigenvalue weighted by atomic mass is 10.00. The summed E-state index contributed by atoms with van der Waals surface area (Å²) in [5.74, 6) is 1.96. The molecule has 0 amide bonds. The van der Waals surface area contributed by atoms with Gasteiger partial charge >= 0.3 is 0 Å². The molecule has 3 saturated heterocycles. The van der Waals surface area contributed by atoms with E-state index in [0.29, 0.717) is 0 Å². The number of likely N-dealkylation sites (N-methyl/N-ethyl adjacent to an activating group) is 2. The molecular formula is C67H154N4. The molecule has 1 aromatic rings. The molecule has 0 bridgehead atoms. The Morgan fingerprint density at radius 3 is 0.437 bits per heavy atom. The van der Waals surface area contributed by atoms with Gasteiger partial charge in [-0.2, -0.15) is 0 Å². The standard InChI is InChI=1S/2C7H15N.C6H14N2.C6H12.C6H6.C5H10.C4H8.C3H6.C3H8.10C2H6/c3*1-7-3-5-8(2)6-4-7;2*1-2-4-6-5-3-1;1-2-4-5-3-1;1-2-4-3-1;1-2-3-1;1-3-2;10*1-2/h2*7H,3-6H2,1-2H3;3-6H2,1-2H3;1-6H2;1-6H;1-5H2;1-4H2;1-3H2;3H2,1-2H3;10*1-2H3. The number of nitrogens with zero attached hydrogens (tertiary/aromatic N) is 4. The van der Waals surface area contributed by atoms with Gasteiger partial charge in [-0.05, 0) is 91.9 Å². The zero-order chi connectivity index (χ0) is 57.6. The van der Waals surface area contributed by atoms with Crippen molar-refractivity contribution in [2.75, 3.05) is 80.5 Å². The van der Waals surface area contributed by atoms with E-state index < -0.39 is 0 Å². The highest BCUT2D eigenvalue weighted by atomic mass is 15.2. The molecule has 4 aliphatic carbocycles. The van der Waals surface area contributed by atoms with Crippen LogP contribution in [0.4, 0.5) is 0 Å². The second-order valence-electron chi connectivity index (χ2n) is 16.8. The number of rotatable bonds is 0. The molecule has 4 nitrogen and oxygen atoms in total. The van der Waals surface area contributed by atoms with Gasteiger partial charge in [0.1, 0.15) is 0 Å². The molecule has 0 radical (unpaired) electrons. The van der Waals surface area contributed by atoms with Gasteiger partial charge in [-0.25, -0.2) is 0 Å². The van der Waals surface area contributed by atoms with Crippen molar-refractivity contribution in [2.45, 2.75) is 314 Å². The number of hydrogen-bond donors (Lipinski definition) is 0. The zero-order valence-electron chi connectivity index (χ0n) is 56.3. The minimum Gasteiger partial charge on any atom is -0.306 e. The lowest BCUT2D eigenvalue weighted by Crippen LogP contribution is -2.42. The van der Waals surface area contributed by atoms with E-state index in [1.165, 1.54) is 200 Å². The van der Waals surface area contributed by atoms with Crippen LogP contribution in [0, 0.1) is 11.8 Å². The molecular weight excluding hydrogens is 861 g/mol. The third-order valence-corrected chi connectivity index (χ3v) is 10.5. The van der Waals surface area contributed by atoms with Crippen molar-refractivity contribution in [1.82, 2.24) is 19.6 Å². The van der Waals surface area contributed by atoms with Crippen LogP contribution in [0.2, 0.25) is 0 Å². The van der Waals surface area contributed by atoms with E-state index in [-0.39, 0.29) is 0 Å². The van der Waals surface area contributed by atoms with Gasteiger partial charge < -0.3 is 19.6 Å². The summed E-state index contributed by atoms with van der Waals surface area (Å²) < 4.78 is 0. The molecule has 3 aliphatic heterocycles. The summed E-state index contributed by atoms with van der Waals surface area (Å²) in [6.45, 7) is 59.1. The highest BCUT2D eigenvalue weighted by molar-refractivity contribution is 4.99. The van der Waals surface area contributed by atoms with Gasteiger partial charge in [0.2, 0.25) is 0 Å². The van der Waals surface area contributed by atoms with Gasteiger partial charge in [-0.1, -0.05) is 325 Å². The van der Waals surface area contributed by atoms with Crippen molar-refractivity contribution in [2.24, 2.45) is 11.8 Å². The molecule has 442 valence electrons. The minimum absolute atomic E-state index is 0.978. The SMILES string of the molecule is C1CC1.C1CCC1.C1CCCC1.C1CCCCC1.CC.CC.CC.CC.CC.CC.CC.CC.CC.CC.CC1CCN(C)CC1.CC1CCN(C)CC1.CCC.CN1CCN(C)CC1.c1ccccc1. The Morgan fingerprint density at radius 2 is 0.338 bits per heavy atom. The summed E-state index contributed by atoms with van der Waals surface area (Å²) >= 11 is 0. The zero-order valence-corrected chi connectivity index (χ0v) is 56.3. The lowest BCUT2D eigenvalue weighted by molar-refractivity contribution is 0.181. The smallest absolute Gasteiger partial charge is 0.0107 e. The van der Waals surface area contributed by atoms with Crippen LogP contribution in [-0.2, 0) is 0 Å². The molecule has 0 N–H and O–H groups in total. The fourth-order valence-corrected chi connectivity index (χ4v) is 5.76. The summed E-state index contributed by atoms with van der Waals surface area (Å²) in [7, 11) is 8.75. The normalized spacial score (nSPS) is 16.7. The Bertz CT molecular complexity index is 607. The number of piperazine rings is 1. The highest BCUT2D eigenvalue weighted by Gasteiger charge is 2.11. The first kappa shape index (κ1) is 95.8. The van der Waals surface area contributed by atoms with Crippen molar-refractivity contribution in [1.29, 1.82) is 0 Å². The predicted octanol–water partition coefficient (Wildman–Crippen LogP) is 22.9. The number of piperidine rings is 2. The van der Waals surface area contributed by atoms with Crippen LogP contribution in [0.15, 0.2) is 36.4 Å². The fraction of sp³-hybridized carbons (Fsp3) is 0.910. The summed E-state index contributed by atoms with van der Waals surface area (Å²) in [5, 5.41) is 0. The van der Waals surface area contributed by atoms with Crippen molar-refractivity contribution >= 4 is 0 Å². The Hall–Kier alpha value is -0.940. The van der Waals surface area contributed by atoms with E-state index in [4.69, 9.17) is 0 Å². The van der Waals surface area contributed by atoms with E-state index >= 15 is 0 Å². The van der Waals surface area contributed by atoms with Crippen molar-refractivity contribution in [3.8, 4) is 0 Å². The van der Waals surface area contributed by atoms with Crippen LogP contribution in [0.5, 0.6) is 0 Å². The van der Waals surface area contributed by atoms with Gasteiger partial charge in [0.05, 0.1) is 0 Å². The Labute approximate surface area is 460 Å². The first-order valence-electron chi connectivity index (χ1n) is 32.5.